The van der Waals surface area contributed by atoms with Gasteiger partial charge in [-0.05, 0) is 6.07 Å². The van der Waals surface area contributed by atoms with E-state index in [-0.39, 0.29) is 29.9 Å². The molecule has 3 heterocycles. The maximum absolute atomic E-state index is 14.2. The molecule has 6 heteroatoms. The zero-order chi connectivity index (χ0) is 14.6. The Kier molecular flexibility index (Phi) is 2.42. The lowest BCUT2D eigenvalue weighted by Gasteiger charge is -2.24. The minimum atomic E-state index is -0.776. The molecule has 0 saturated heterocycles. The van der Waals surface area contributed by atoms with Crippen LogP contribution in [0.3, 0.4) is 0 Å². The Hall–Kier alpha value is -2.63. The zero-order valence-electron chi connectivity index (χ0n) is 10.8. The number of ether oxygens (including phenoxy) is 2. The largest absolute Gasteiger partial charge is 0.456 e. The molecule has 4 rings (SSSR count). The van der Waals surface area contributed by atoms with Crippen molar-refractivity contribution in [2.45, 2.75) is 5.92 Å². The third kappa shape index (κ3) is 1.62. The molecule has 0 fully saturated rings. The first-order valence-corrected chi connectivity index (χ1v) is 6.48. The summed E-state index contributed by atoms with van der Waals surface area (Å²) >= 11 is 0. The maximum atomic E-state index is 14.2. The number of hydrogen-bond acceptors (Lipinski definition) is 5. The highest BCUT2D eigenvalue weighted by molar-refractivity contribution is 6.02. The fourth-order valence-electron chi connectivity index (χ4n) is 2.97. The number of halogens is 1. The highest BCUT2D eigenvalue weighted by Crippen LogP contribution is 2.43. The van der Waals surface area contributed by atoms with Gasteiger partial charge in [-0.3, -0.25) is 0 Å². The van der Waals surface area contributed by atoms with Gasteiger partial charge in [0.1, 0.15) is 19.0 Å². The lowest BCUT2D eigenvalue weighted by Crippen LogP contribution is -2.27. The molecule has 0 aliphatic carbocycles. The molecular weight excluding hydrogens is 277 g/mol. The van der Waals surface area contributed by atoms with Crippen molar-refractivity contribution < 1.29 is 23.5 Å². The van der Waals surface area contributed by atoms with Gasteiger partial charge in [0.15, 0.2) is 0 Å². The summed E-state index contributed by atoms with van der Waals surface area (Å²) in [5, 5.41) is 3.00. The van der Waals surface area contributed by atoms with Crippen LogP contribution in [0.1, 0.15) is 11.5 Å². The summed E-state index contributed by atoms with van der Waals surface area (Å²) in [6.07, 6.45) is 0. The van der Waals surface area contributed by atoms with E-state index in [0.717, 1.165) is 0 Å². The monoisotopic (exact) mass is 287 g/mol. The molecule has 0 atom stereocenters. The van der Waals surface area contributed by atoms with Crippen molar-refractivity contribution in [1.82, 2.24) is 5.32 Å². The molecule has 3 aliphatic heterocycles. The fourth-order valence-corrected chi connectivity index (χ4v) is 2.97. The van der Waals surface area contributed by atoms with Gasteiger partial charge in [0.2, 0.25) is 0 Å². The second kappa shape index (κ2) is 4.18. The van der Waals surface area contributed by atoms with E-state index in [4.69, 9.17) is 9.47 Å². The van der Waals surface area contributed by atoms with E-state index in [9.17, 15) is 14.0 Å². The van der Waals surface area contributed by atoms with Gasteiger partial charge in [0.05, 0.1) is 28.5 Å². The first-order valence-electron chi connectivity index (χ1n) is 6.48. The van der Waals surface area contributed by atoms with Crippen LogP contribution < -0.4 is 5.32 Å². The lowest BCUT2D eigenvalue weighted by atomic mass is 9.81. The number of rotatable bonds is 1. The number of dihydropyridines is 1. The summed E-state index contributed by atoms with van der Waals surface area (Å²) in [7, 11) is 0. The van der Waals surface area contributed by atoms with Crippen LogP contribution in [0.15, 0.2) is 46.8 Å². The van der Waals surface area contributed by atoms with Gasteiger partial charge in [-0.25, -0.2) is 14.0 Å². The number of nitrogens with one attached hydrogen (secondary N) is 1. The van der Waals surface area contributed by atoms with Crippen LogP contribution in [0.4, 0.5) is 4.39 Å². The van der Waals surface area contributed by atoms with E-state index in [0.29, 0.717) is 11.4 Å². The SMILES string of the molecule is O=C1OCC2=C1C(c1ccccc1F)C1=C(COC1=O)N2. The van der Waals surface area contributed by atoms with Gasteiger partial charge < -0.3 is 14.8 Å². The van der Waals surface area contributed by atoms with Gasteiger partial charge in [-0.2, -0.15) is 0 Å². The van der Waals surface area contributed by atoms with Gasteiger partial charge in [-0.15, -0.1) is 0 Å². The van der Waals surface area contributed by atoms with Crippen LogP contribution >= 0.6 is 0 Å². The predicted molar refractivity (Wildman–Crippen MR) is 68.2 cm³/mol. The first kappa shape index (κ1) is 12.1. The number of hydrogen-bond donors (Lipinski definition) is 1. The summed E-state index contributed by atoms with van der Waals surface area (Å²) in [4.78, 5) is 24.0. The summed E-state index contributed by atoms with van der Waals surface area (Å²) in [6, 6.07) is 6.10. The van der Waals surface area contributed by atoms with Crippen molar-refractivity contribution in [1.29, 1.82) is 0 Å². The van der Waals surface area contributed by atoms with E-state index >= 15 is 0 Å². The summed E-state index contributed by atoms with van der Waals surface area (Å²) in [5.74, 6) is -2.31. The standard InChI is InChI=1S/C15H10FNO4/c16-8-4-2-1-3-7(8)11-12-9(5-20-14(12)18)17-10-6-21-15(19)13(10)11/h1-4,11,17H,5-6H2. The number of cyclic esters (lactones) is 2. The molecule has 1 N–H and O–H groups in total. The number of esters is 2. The van der Waals surface area contributed by atoms with Crippen molar-refractivity contribution in [3.63, 3.8) is 0 Å². The summed E-state index contributed by atoms with van der Waals surface area (Å²) in [6.45, 7) is 0.203. The molecule has 3 aliphatic rings. The van der Waals surface area contributed by atoms with Gasteiger partial charge in [-0.1, -0.05) is 18.2 Å². The third-order valence-electron chi connectivity index (χ3n) is 3.88. The summed E-state index contributed by atoms with van der Waals surface area (Å²) < 4.78 is 24.2. The average molecular weight is 287 g/mol. The van der Waals surface area contributed by atoms with Crippen LogP contribution in [-0.2, 0) is 19.1 Å². The Bertz CT molecular complexity index is 710. The van der Waals surface area contributed by atoms with E-state index < -0.39 is 23.7 Å². The third-order valence-corrected chi connectivity index (χ3v) is 3.88. The Morgan fingerprint density at radius 1 is 1.00 bits per heavy atom. The Morgan fingerprint density at radius 3 is 2.14 bits per heavy atom. The van der Waals surface area contributed by atoms with E-state index in [1.54, 1.807) is 18.2 Å². The maximum Gasteiger partial charge on any atom is 0.337 e. The minimum Gasteiger partial charge on any atom is -0.456 e. The topological polar surface area (TPSA) is 64.6 Å². The number of benzene rings is 1. The highest BCUT2D eigenvalue weighted by atomic mass is 19.1. The molecule has 1 aromatic rings. The molecule has 0 saturated carbocycles. The van der Waals surface area contributed by atoms with Crippen molar-refractivity contribution >= 4 is 11.9 Å². The molecule has 106 valence electrons. The fraction of sp³-hybridized carbons (Fsp3) is 0.200. The van der Waals surface area contributed by atoms with Crippen LogP contribution in [-0.4, -0.2) is 25.2 Å². The molecule has 0 bridgehead atoms. The van der Waals surface area contributed by atoms with Crippen LogP contribution in [0, 0.1) is 5.82 Å². The molecule has 0 radical (unpaired) electrons. The van der Waals surface area contributed by atoms with Crippen molar-refractivity contribution in [3.8, 4) is 0 Å². The Labute approximate surface area is 119 Å². The predicted octanol–water partition coefficient (Wildman–Crippen LogP) is 1.13. The molecule has 1 aromatic carbocycles. The van der Waals surface area contributed by atoms with E-state index in [1.807, 2.05) is 0 Å². The van der Waals surface area contributed by atoms with Gasteiger partial charge in [0.25, 0.3) is 0 Å². The normalized spacial score (nSPS) is 21.0. The summed E-state index contributed by atoms with van der Waals surface area (Å²) in [5.41, 5.74) is 2.00. The molecule has 0 aromatic heterocycles. The lowest BCUT2D eigenvalue weighted by molar-refractivity contribution is -0.136. The molecule has 0 unspecified atom stereocenters. The van der Waals surface area contributed by atoms with Gasteiger partial charge >= 0.3 is 11.9 Å². The quantitative estimate of drug-likeness (QED) is 0.785. The van der Waals surface area contributed by atoms with Crippen molar-refractivity contribution in [2.75, 3.05) is 13.2 Å². The molecular formula is C15H10FNO4. The Balaban J connectivity index is 1.94. The molecule has 0 spiro atoms. The van der Waals surface area contributed by atoms with E-state index in [1.165, 1.54) is 6.07 Å². The average Bonchev–Trinajstić information content (AvgIpc) is 3.03. The van der Waals surface area contributed by atoms with Gasteiger partial charge in [0, 0.05) is 5.56 Å². The van der Waals surface area contributed by atoms with Crippen LogP contribution in [0.25, 0.3) is 0 Å². The smallest absolute Gasteiger partial charge is 0.337 e. The molecule has 5 nitrogen and oxygen atoms in total. The van der Waals surface area contributed by atoms with E-state index in [2.05, 4.69) is 5.32 Å². The second-order valence-electron chi connectivity index (χ2n) is 5.02. The first-order chi connectivity index (χ1) is 10.2. The van der Waals surface area contributed by atoms with Crippen LogP contribution in [0.5, 0.6) is 0 Å². The zero-order valence-corrected chi connectivity index (χ0v) is 10.8. The number of carbonyl (C=O) groups excluding carboxylic acids is 2. The van der Waals surface area contributed by atoms with Crippen LogP contribution in [0.2, 0.25) is 0 Å². The highest BCUT2D eigenvalue weighted by Gasteiger charge is 2.45. The number of carbonyl (C=O) groups is 2. The molecule has 21 heavy (non-hydrogen) atoms. The van der Waals surface area contributed by atoms with Crippen molar-refractivity contribution in [3.05, 3.63) is 58.2 Å². The second-order valence-corrected chi connectivity index (χ2v) is 5.02. The van der Waals surface area contributed by atoms with Crippen molar-refractivity contribution in [2.24, 2.45) is 0 Å². The molecule has 0 amide bonds. The minimum absolute atomic E-state index is 0.101. The Morgan fingerprint density at radius 2 is 1.57 bits per heavy atom.